The molecule has 4 bridgehead atoms. The van der Waals surface area contributed by atoms with E-state index in [4.69, 9.17) is 16.3 Å². The monoisotopic (exact) mass is 514 g/mol. The maximum absolute atomic E-state index is 13.3. The van der Waals surface area contributed by atoms with Crippen molar-refractivity contribution in [2.45, 2.75) is 77.7 Å². The van der Waals surface area contributed by atoms with Gasteiger partial charge in [0.15, 0.2) is 5.78 Å². The van der Waals surface area contributed by atoms with Crippen LogP contribution in [0.4, 0.5) is 4.79 Å². The zero-order valence-electron chi connectivity index (χ0n) is 21.8. The van der Waals surface area contributed by atoms with Crippen molar-refractivity contribution >= 4 is 29.4 Å². The van der Waals surface area contributed by atoms with Crippen LogP contribution in [-0.4, -0.2) is 47.9 Å². The lowest BCUT2D eigenvalue weighted by molar-refractivity contribution is -0.0503. The summed E-state index contributed by atoms with van der Waals surface area (Å²) in [4.78, 5) is 40.5. The van der Waals surface area contributed by atoms with Crippen LogP contribution in [-0.2, 0) is 4.74 Å². The zero-order chi connectivity index (χ0) is 25.7. The van der Waals surface area contributed by atoms with E-state index in [2.05, 4.69) is 5.32 Å². The molecule has 4 saturated carbocycles. The summed E-state index contributed by atoms with van der Waals surface area (Å²) in [5, 5.41) is 3.56. The Bertz CT molecular complexity index is 1000. The van der Waals surface area contributed by atoms with Gasteiger partial charge in [0.2, 0.25) is 0 Å². The maximum Gasteiger partial charge on any atom is 0.410 e. The molecule has 0 unspecified atom stereocenters. The lowest BCUT2D eigenvalue weighted by Crippen LogP contribution is -2.51. The van der Waals surface area contributed by atoms with E-state index in [1.54, 1.807) is 23.1 Å². The third-order valence-corrected chi connectivity index (χ3v) is 9.13. The van der Waals surface area contributed by atoms with Gasteiger partial charge in [-0.2, -0.15) is 0 Å². The molecule has 1 saturated heterocycles. The van der Waals surface area contributed by atoms with Crippen LogP contribution < -0.4 is 5.32 Å². The van der Waals surface area contributed by atoms with Gasteiger partial charge in [0.1, 0.15) is 5.60 Å². The molecule has 2 amide bonds. The number of carbonyl (C=O) groups is 3. The second-order valence-electron chi connectivity index (χ2n) is 12.9. The molecule has 1 N–H and O–H groups in total. The summed E-state index contributed by atoms with van der Waals surface area (Å²) in [7, 11) is 0. The summed E-state index contributed by atoms with van der Waals surface area (Å²) in [6.07, 6.45) is 8.63. The van der Waals surface area contributed by atoms with Crippen LogP contribution >= 0.6 is 11.6 Å². The summed E-state index contributed by atoms with van der Waals surface area (Å²) in [5.74, 6) is 2.13. The number of carbonyl (C=O) groups excluding carboxylic acids is 3. The highest BCUT2D eigenvalue weighted by Gasteiger charge is 2.50. The average Bonchev–Trinajstić information content (AvgIpc) is 2.81. The summed E-state index contributed by atoms with van der Waals surface area (Å²) < 4.78 is 5.46. The first-order valence-electron chi connectivity index (χ1n) is 13.6. The van der Waals surface area contributed by atoms with Crippen LogP contribution in [0.25, 0.3) is 0 Å². The minimum absolute atomic E-state index is 0.00522. The van der Waals surface area contributed by atoms with E-state index in [0.717, 1.165) is 17.8 Å². The largest absolute Gasteiger partial charge is 0.444 e. The number of Topliss-reactive ketones (excluding diaryl/α,β-unsaturated/α-hetero) is 1. The predicted octanol–water partition coefficient (Wildman–Crippen LogP) is 6.12. The first-order chi connectivity index (χ1) is 17.0. The maximum atomic E-state index is 13.3. The molecule has 1 aromatic carbocycles. The number of amides is 2. The van der Waals surface area contributed by atoms with Gasteiger partial charge in [-0.05, 0) is 114 Å². The van der Waals surface area contributed by atoms with Gasteiger partial charge in [-0.25, -0.2) is 4.79 Å². The lowest BCUT2D eigenvalue weighted by Gasteiger charge is -2.56. The fourth-order valence-electron chi connectivity index (χ4n) is 7.61. The lowest BCUT2D eigenvalue weighted by atomic mass is 9.49. The standard InChI is InChI=1S/C29H39ClN2O4/c1-28(2,3)36-27(35)32-8-6-21(7-9-32)25(33)22-4-5-24(30)23(13-22)26(34)31-17-29-14-18-10-19(15-29)12-20(11-18)16-29/h4-5,13,18-21H,6-12,14-17H2,1-3H3,(H,31,34). The minimum Gasteiger partial charge on any atom is -0.444 e. The molecule has 7 heteroatoms. The first-order valence-corrected chi connectivity index (χ1v) is 14.0. The van der Waals surface area contributed by atoms with E-state index in [1.165, 1.54) is 38.5 Å². The molecule has 6 rings (SSSR count). The molecule has 0 atom stereocenters. The number of benzene rings is 1. The summed E-state index contributed by atoms with van der Waals surface area (Å²) in [6.45, 7) is 7.21. The summed E-state index contributed by atoms with van der Waals surface area (Å²) >= 11 is 6.41. The molecule has 1 aliphatic heterocycles. The van der Waals surface area contributed by atoms with Crippen molar-refractivity contribution < 1.29 is 19.1 Å². The quantitative estimate of drug-likeness (QED) is 0.480. The Morgan fingerprint density at radius 2 is 1.61 bits per heavy atom. The van der Waals surface area contributed by atoms with Gasteiger partial charge in [-0.3, -0.25) is 9.59 Å². The molecule has 0 radical (unpaired) electrons. The fraction of sp³-hybridized carbons (Fsp3) is 0.690. The number of rotatable bonds is 5. The molecule has 36 heavy (non-hydrogen) atoms. The van der Waals surface area contributed by atoms with Crippen LogP contribution in [0.1, 0.15) is 92.9 Å². The third-order valence-electron chi connectivity index (χ3n) is 8.80. The van der Waals surface area contributed by atoms with Crippen molar-refractivity contribution in [3.63, 3.8) is 0 Å². The zero-order valence-corrected chi connectivity index (χ0v) is 22.5. The second kappa shape index (κ2) is 9.66. The SMILES string of the molecule is CC(C)(C)OC(=O)N1CCC(C(=O)c2ccc(Cl)c(C(=O)NCC34CC5CC(CC(C5)C3)C4)c2)CC1. The van der Waals surface area contributed by atoms with Gasteiger partial charge < -0.3 is 15.0 Å². The number of nitrogens with zero attached hydrogens (tertiary/aromatic N) is 1. The number of ether oxygens (including phenoxy) is 1. The van der Waals surface area contributed by atoms with Gasteiger partial charge in [0, 0.05) is 31.1 Å². The summed E-state index contributed by atoms with van der Waals surface area (Å²) in [5.41, 5.74) is 0.583. The first kappa shape index (κ1) is 25.6. The topological polar surface area (TPSA) is 75.7 Å². The van der Waals surface area contributed by atoms with Gasteiger partial charge in [0.05, 0.1) is 10.6 Å². The Hall–Kier alpha value is -2.08. The number of piperidine rings is 1. The van der Waals surface area contributed by atoms with Crippen LogP contribution in [0.3, 0.4) is 0 Å². The number of hydrogen-bond donors (Lipinski definition) is 1. The van der Waals surface area contributed by atoms with Crippen molar-refractivity contribution in [1.82, 2.24) is 10.2 Å². The molecular weight excluding hydrogens is 476 g/mol. The highest BCUT2D eigenvalue weighted by molar-refractivity contribution is 6.34. The molecule has 4 aliphatic carbocycles. The van der Waals surface area contributed by atoms with E-state index < -0.39 is 5.60 Å². The van der Waals surface area contributed by atoms with E-state index in [9.17, 15) is 14.4 Å². The number of likely N-dealkylation sites (tertiary alicyclic amines) is 1. The Morgan fingerprint density at radius 1 is 1.03 bits per heavy atom. The molecule has 5 fully saturated rings. The Labute approximate surface area is 219 Å². The van der Waals surface area contributed by atoms with Gasteiger partial charge in [-0.1, -0.05) is 11.6 Å². The number of nitrogens with one attached hydrogen (secondary N) is 1. The third kappa shape index (κ3) is 5.44. The van der Waals surface area contributed by atoms with Crippen LogP contribution in [0.15, 0.2) is 18.2 Å². The van der Waals surface area contributed by atoms with Gasteiger partial charge >= 0.3 is 6.09 Å². The second-order valence-corrected chi connectivity index (χ2v) is 13.3. The molecule has 1 heterocycles. The van der Waals surface area contributed by atoms with Crippen molar-refractivity contribution in [3.05, 3.63) is 34.3 Å². The van der Waals surface area contributed by atoms with Crippen molar-refractivity contribution in [1.29, 1.82) is 0 Å². The molecule has 0 aromatic heterocycles. The van der Waals surface area contributed by atoms with Crippen LogP contribution in [0, 0.1) is 29.1 Å². The number of ketones is 1. The highest BCUT2D eigenvalue weighted by atomic mass is 35.5. The summed E-state index contributed by atoms with van der Waals surface area (Å²) in [6, 6.07) is 5.02. The van der Waals surface area contributed by atoms with Gasteiger partial charge in [-0.15, -0.1) is 0 Å². The average molecular weight is 515 g/mol. The number of halogens is 1. The minimum atomic E-state index is -0.542. The van der Waals surface area contributed by atoms with Crippen LogP contribution in [0.5, 0.6) is 0 Å². The van der Waals surface area contributed by atoms with E-state index in [-0.39, 0.29) is 29.1 Å². The molecular formula is C29H39ClN2O4. The Kier molecular flexibility index (Phi) is 6.86. The van der Waals surface area contributed by atoms with Crippen molar-refractivity contribution in [3.8, 4) is 0 Å². The molecule has 5 aliphatic rings. The van der Waals surface area contributed by atoms with Gasteiger partial charge in [0.25, 0.3) is 5.91 Å². The molecule has 1 aromatic rings. The fourth-order valence-corrected chi connectivity index (χ4v) is 7.81. The van der Waals surface area contributed by atoms with Crippen molar-refractivity contribution in [2.24, 2.45) is 29.1 Å². The Morgan fingerprint density at radius 3 is 2.17 bits per heavy atom. The van der Waals surface area contributed by atoms with E-state index in [0.29, 0.717) is 48.6 Å². The highest BCUT2D eigenvalue weighted by Crippen LogP contribution is 2.59. The molecule has 196 valence electrons. The smallest absolute Gasteiger partial charge is 0.410 e. The van der Waals surface area contributed by atoms with E-state index >= 15 is 0 Å². The Balaban J connectivity index is 1.19. The predicted molar refractivity (Wildman–Crippen MR) is 139 cm³/mol. The molecule has 0 spiro atoms. The normalized spacial score (nSPS) is 29.8. The van der Waals surface area contributed by atoms with E-state index in [1.807, 2.05) is 20.8 Å². The van der Waals surface area contributed by atoms with Crippen molar-refractivity contribution in [2.75, 3.05) is 19.6 Å². The van der Waals surface area contributed by atoms with Crippen LogP contribution in [0.2, 0.25) is 5.02 Å². The molecule has 6 nitrogen and oxygen atoms in total. The number of hydrogen-bond acceptors (Lipinski definition) is 4.